The first-order chi connectivity index (χ1) is 8.90. The van der Waals surface area contributed by atoms with Crippen molar-refractivity contribution in [2.75, 3.05) is 19.7 Å². The summed E-state index contributed by atoms with van der Waals surface area (Å²) in [4.78, 5) is 5.72. The third-order valence-corrected chi connectivity index (χ3v) is 3.98. The van der Waals surface area contributed by atoms with E-state index >= 15 is 0 Å². The van der Waals surface area contributed by atoms with Gasteiger partial charge in [-0.2, -0.15) is 0 Å². The van der Waals surface area contributed by atoms with Gasteiger partial charge in [0.05, 0.1) is 12.6 Å². The van der Waals surface area contributed by atoms with E-state index in [1.807, 2.05) is 6.07 Å². The Morgan fingerprint density at radius 3 is 2.72 bits per heavy atom. The second kappa shape index (κ2) is 5.12. The molecule has 1 atom stereocenters. The zero-order chi connectivity index (χ0) is 12.4. The van der Waals surface area contributed by atoms with Crippen LogP contribution in [0.3, 0.4) is 0 Å². The minimum absolute atomic E-state index is 0.140. The van der Waals surface area contributed by atoms with E-state index in [0.29, 0.717) is 0 Å². The standard InChI is InChI=1S/C15H20N2O/c18-11-15(17-8-4-1-5-9-17)13-10-16-14-7-3-2-6-12(13)14/h2-3,6-7,10,15-16,18H,1,4-5,8-9,11H2. The van der Waals surface area contributed by atoms with Crippen molar-refractivity contribution in [3.8, 4) is 0 Å². The van der Waals surface area contributed by atoms with Gasteiger partial charge in [-0.15, -0.1) is 0 Å². The number of aromatic amines is 1. The Morgan fingerprint density at radius 2 is 1.94 bits per heavy atom. The van der Waals surface area contributed by atoms with E-state index < -0.39 is 0 Å². The number of piperidine rings is 1. The Bertz CT molecular complexity index is 514. The Labute approximate surface area is 107 Å². The molecule has 0 amide bonds. The van der Waals surface area contributed by atoms with Gasteiger partial charge in [-0.25, -0.2) is 0 Å². The van der Waals surface area contributed by atoms with E-state index in [1.54, 1.807) is 0 Å². The minimum Gasteiger partial charge on any atom is -0.394 e. The molecule has 2 N–H and O–H groups in total. The van der Waals surface area contributed by atoms with E-state index in [9.17, 15) is 5.11 Å². The number of benzene rings is 1. The van der Waals surface area contributed by atoms with Crippen LogP contribution in [0.4, 0.5) is 0 Å². The molecule has 0 saturated carbocycles. The molecule has 1 fully saturated rings. The molecule has 1 saturated heterocycles. The van der Waals surface area contributed by atoms with E-state index in [4.69, 9.17) is 0 Å². The number of H-pyrrole nitrogens is 1. The highest BCUT2D eigenvalue weighted by molar-refractivity contribution is 5.83. The molecule has 1 aliphatic heterocycles. The van der Waals surface area contributed by atoms with Crippen LogP contribution in [0.25, 0.3) is 10.9 Å². The number of nitrogens with one attached hydrogen (secondary N) is 1. The fourth-order valence-electron chi connectivity index (χ4n) is 3.01. The average molecular weight is 244 g/mol. The molecule has 1 aromatic heterocycles. The van der Waals surface area contributed by atoms with Crippen molar-refractivity contribution in [1.82, 2.24) is 9.88 Å². The SMILES string of the molecule is OCC(c1c[nH]c2ccccc12)N1CCCCC1. The average Bonchev–Trinajstić information content (AvgIpc) is 2.85. The summed E-state index contributed by atoms with van der Waals surface area (Å²) in [5.74, 6) is 0. The zero-order valence-corrected chi connectivity index (χ0v) is 10.6. The molecule has 1 unspecified atom stereocenters. The molecule has 0 spiro atoms. The van der Waals surface area contributed by atoms with Crippen LogP contribution in [0.2, 0.25) is 0 Å². The van der Waals surface area contributed by atoms with E-state index in [0.717, 1.165) is 18.6 Å². The largest absolute Gasteiger partial charge is 0.394 e. The summed E-state index contributed by atoms with van der Waals surface area (Å²) in [6.45, 7) is 2.40. The molecule has 1 aliphatic rings. The number of rotatable bonds is 3. The van der Waals surface area contributed by atoms with E-state index in [2.05, 4.69) is 34.3 Å². The third-order valence-electron chi connectivity index (χ3n) is 3.98. The van der Waals surface area contributed by atoms with Crippen molar-refractivity contribution >= 4 is 10.9 Å². The van der Waals surface area contributed by atoms with Crippen LogP contribution in [0.15, 0.2) is 30.5 Å². The highest BCUT2D eigenvalue weighted by Crippen LogP contribution is 2.29. The van der Waals surface area contributed by atoms with Crippen molar-refractivity contribution in [2.45, 2.75) is 25.3 Å². The smallest absolute Gasteiger partial charge is 0.0629 e. The Morgan fingerprint density at radius 1 is 1.17 bits per heavy atom. The van der Waals surface area contributed by atoms with Crippen LogP contribution in [0.5, 0.6) is 0 Å². The molecule has 0 aliphatic carbocycles. The summed E-state index contributed by atoms with van der Waals surface area (Å²) in [5.41, 5.74) is 2.39. The topological polar surface area (TPSA) is 39.3 Å². The monoisotopic (exact) mass is 244 g/mol. The van der Waals surface area contributed by atoms with Crippen LogP contribution in [0, 0.1) is 0 Å². The predicted octanol–water partition coefficient (Wildman–Crippen LogP) is 2.69. The second-order valence-electron chi connectivity index (χ2n) is 5.08. The van der Waals surface area contributed by atoms with Gasteiger partial charge in [0.1, 0.15) is 0 Å². The van der Waals surface area contributed by atoms with Crippen LogP contribution in [-0.4, -0.2) is 34.7 Å². The first kappa shape index (κ1) is 11.8. The lowest BCUT2D eigenvalue weighted by molar-refractivity contribution is 0.105. The predicted molar refractivity (Wildman–Crippen MR) is 73.5 cm³/mol. The highest BCUT2D eigenvalue weighted by atomic mass is 16.3. The molecule has 3 heteroatoms. The molecule has 3 nitrogen and oxygen atoms in total. The summed E-state index contributed by atoms with van der Waals surface area (Å²) < 4.78 is 0. The lowest BCUT2D eigenvalue weighted by Crippen LogP contribution is -2.35. The fraction of sp³-hybridized carbons (Fsp3) is 0.467. The normalized spacial score (nSPS) is 19.2. The van der Waals surface area contributed by atoms with Crippen molar-refractivity contribution < 1.29 is 5.11 Å². The number of fused-ring (bicyclic) bond motifs is 1. The van der Waals surface area contributed by atoms with Gasteiger partial charge in [0.2, 0.25) is 0 Å². The lowest BCUT2D eigenvalue weighted by Gasteiger charge is -2.33. The first-order valence-corrected chi connectivity index (χ1v) is 6.81. The summed E-state index contributed by atoms with van der Waals surface area (Å²) >= 11 is 0. The number of nitrogens with zero attached hydrogens (tertiary/aromatic N) is 1. The first-order valence-electron chi connectivity index (χ1n) is 6.81. The lowest BCUT2D eigenvalue weighted by atomic mass is 10.0. The van der Waals surface area contributed by atoms with Crippen LogP contribution < -0.4 is 0 Å². The molecular formula is C15H20N2O. The molecule has 0 radical (unpaired) electrons. The van der Waals surface area contributed by atoms with Crippen molar-refractivity contribution in [3.05, 3.63) is 36.0 Å². The van der Waals surface area contributed by atoms with Gasteiger partial charge in [0, 0.05) is 17.1 Å². The number of aromatic nitrogens is 1. The van der Waals surface area contributed by atoms with Crippen LogP contribution >= 0.6 is 0 Å². The Balaban J connectivity index is 1.95. The summed E-state index contributed by atoms with van der Waals surface area (Å²) in [6.07, 6.45) is 5.88. The molecule has 18 heavy (non-hydrogen) atoms. The molecule has 96 valence electrons. The van der Waals surface area contributed by atoms with Gasteiger partial charge in [-0.1, -0.05) is 24.6 Å². The van der Waals surface area contributed by atoms with Gasteiger partial charge >= 0.3 is 0 Å². The molecular weight excluding hydrogens is 224 g/mol. The number of likely N-dealkylation sites (tertiary alicyclic amines) is 1. The maximum Gasteiger partial charge on any atom is 0.0629 e. The number of aliphatic hydroxyl groups excluding tert-OH is 1. The summed E-state index contributed by atoms with van der Waals surface area (Å²) in [5, 5.41) is 11.0. The summed E-state index contributed by atoms with van der Waals surface area (Å²) in [6, 6.07) is 8.46. The zero-order valence-electron chi connectivity index (χ0n) is 10.6. The number of aliphatic hydroxyl groups is 1. The fourth-order valence-corrected chi connectivity index (χ4v) is 3.01. The minimum atomic E-state index is 0.140. The van der Waals surface area contributed by atoms with Crippen LogP contribution in [0.1, 0.15) is 30.9 Å². The molecule has 2 heterocycles. The van der Waals surface area contributed by atoms with Crippen molar-refractivity contribution in [2.24, 2.45) is 0 Å². The van der Waals surface area contributed by atoms with Crippen molar-refractivity contribution in [1.29, 1.82) is 0 Å². The van der Waals surface area contributed by atoms with Gasteiger partial charge in [0.15, 0.2) is 0 Å². The van der Waals surface area contributed by atoms with Gasteiger partial charge < -0.3 is 10.1 Å². The third kappa shape index (κ3) is 2.04. The number of hydrogen-bond acceptors (Lipinski definition) is 2. The molecule has 0 bridgehead atoms. The maximum atomic E-state index is 9.75. The van der Waals surface area contributed by atoms with E-state index in [1.165, 1.54) is 30.2 Å². The quantitative estimate of drug-likeness (QED) is 0.871. The van der Waals surface area contributed by atoms with Crippen LogP contribution in [-0.2, 0) is 0 Å². The Kier molecular flexibility index (Phi) is 3.35. The Hall–Kier alpha value is -1.32. The van der Waals surface area contributed by atoms with Gasteiger partial charge in [0.25, 0.3) is 0 Å². The summed E-state index contributed by atoms with van der Waals surface area (Å²) in [7, 11) is 0. The maximum absolute atomic E-state index is 9.75. The van der Waals surface area contributed by atoms with Gasteiger partial charge in [-0.3, -0.25) is 4.90 Å². The van der Waals surface area contributed by atoms with Gasteiger partial charge in [-0.05, 0) is 37.6 Å². The molecule has 3 rings (SSSR count). The number of hydrogen-bond donors (Lipinski definition) is 2. The van der Waals surface area contributed by atoms with Crippen molar-refractivity contribution in [3.63, 3.8) is 0 Å². The van der Waals surface area contributed by atoms with E-state index in [-0.39, 0.29) is 12.6 Å². The highest BCUT2D eigenvalue weighted by Gasteiger charge is 2.23. The molecule has 2 aromatic rings. The number of para-hydroxylation sites is 1. The second-order valence-corrected chi connectivity index (χ2v) is 5.08. The molecule has 1 aromatic carbocycles.